The van der Waals surface area contributed by atoms with Gasteiger partial charge >= 0.3 is 0 Å². The van der Waals surface area contributed by atoms with Crippen LogP contribution in [-0.4, -0.2) is 57.0 Å². The van der Waals surface area contributed by atoms with E-state index in [1.807, 2.05) is 6.08 Å². The lowest BCUT2D eigenvalue weighted by Gasteiger charge is -2.58. The maximum Gasteiger partial charge on any atom is 0.178 e. The summed E-state index contributed by atoms with van der Waals surface area (Å²) in [5, 5.41) is 18.6. The molecule has 12 aliphatic carbocycles. The molecule has 360 valence electrons. The Kier molecular flexibility index (Phi) is 11.7. The van der Waals surface area contributed by atoms with E-state index in [1.165, 1.54) is 11.8 Å². The number of hydrogen-bond acceptors (Lipinski definition) is 8. The van der Waals surface area contributed by atoms with Crippen molar-refractivity contribution in [2.45, 2.75) is 168 Å². The van der Waals surface area contributed by atoms with Gasteiger partial charge in [0.1, 0.15) is 17.3 Å². The Morgan fingerprint density at radius 3 is 1.73 bits per heavy atom. The molecule has 0 spiro atoms. The molecule has 12 rings (SSSR count). The molecule has 2 N–H and O–H groups in total. The SMILES string of the molecule is C=C1C[C@@H]2[C@H](CC[C@]3(C)C(=O)CC[C@@H]23)[C@@]2(C)C=CC(=O)C=C12.C[C@]12CCC(=O)C=C1C(Br)C[C@@H]1[C@@H]2CC[C@]2(C)C(=O)CC[C@@H]12.C[C@]12CCC(=O)C=C1C(O)C[C@@H]1[C@@H]2CC[C@]2(C=N)C(=O)CC[C@@H]12. The second kappa shape index (κ2) is 16.5. The van der Waals surface area contributed by atoms with Gasteiger partial charge in [0.25, 0.3) is 0 Å². The highest BCUT2D eigenvalue weighted by Crippen LogP contribution is 2.68. The summed E-state index contributed by atoms with van der Waals surface area (Å²) in [6.45, 7) is 15.6. The van der Waals surface area contributed by atoms with Gasteiger partial charge in [0.05, 0.1) is 11.5 Å². The maximum atomic E-state index is 12.5. The molecule has 67 heavy (non-hydrogen) atoms. The Morgan fingerprint density at radius 1 is 0.597 bits per heavy atom. The van der Waals surface area contributed by atoms with Gasteiger partial charge in [0, 0.05) is 59.4 Å². The third-order valence-electron chi connectivity index (χ3n) is 22.5. The number of rotatable bonds is 1. The molecular weight excluding hydrogens is 903 g/mol. The predicted octanol–water partition coefficient (Wildman–Crippen LogP) is 11.2. The minimum atomic E-state index is -0.567. The van der Waals surface area contributed by atoms with Gasteiger partial charge < -0.3 is 10.5 Å². The monoisotopic (exact) mass is 975 g/mol. The van der Waals surface area contributed by atoms with E-state index in [0.717, 1.165) is 113 Å². The van der Waals surface area contributed by atoms with Gasteiger partial charge in [0.2, 0.25) is 0 Å². The van der Waals surface area contributed by atoms with Crippen molar-refractivity contribution in [2.24, 2.45) is 85.8 Å². The van der Waals surface area contributed by atoms with Gasteiger partial charge in [-0.2, -0.15) is 0 Å². The van der Waals surface area contributed by atoms with Crippen LogP contribution in [0.25, 0.3) is 0 Å². The molecule has 0 saturated heterocycles. The number of carbonyl (C=O) groups is 6. The van der Waals surface area contributed by atoms with Crippen molar-refractivity contribution in [1.82, 2.24) is 0 Å². The molecule has 0 radical (unpaired) electrons. The van der Waals surface area contributed by atoms with Crippen LogP contribution in [-0.2, 0) is 28.8 Å². The van der Waals surface area contributed by atoms with Crippen molar-refractivity contribution in [2.75, 3.05) is 0 Å². The predicted molar refractivity (Wildman–Crippen MR) is 262 cm³/mol. The first-order valence-corrected chi connectivity index (χ1v) is 27.1. The molecule has 9 fully saturated rings. The van der Waals surface area contributed by atoms with Gasteiger partial charge in [-0.1, -0.05) is 68.8 Å². The number of Topliss-reactive ketones (excluding diaryl/α,β-unsaturated/α-hetero) is 3. The van der Waals surface area contributed by atoms with Crippen LogP contribution >= 0.6 is 15.9 Å². The molecule has 9 saturated carbocycles. The van der Waals surface area contributed by atoms with Crippen LogP contribution in [0, 0.1) is 91.2 Å². The third kappa shape index (κ3) is 6.96. The zero-order valence-electron chi connectivity index (χ0n) is 40.7. The molecule has 0 aliphatic heterocycles. The van der Waals surface area contributed by atoms with Crippen molar-refractivity contribution in [1.29, 1.82) is 5.41 Å². The first-order valence-electron chi connectivity index (χ1n) is 26.2. The topological polar surface area (TPSA) is 146 Å². The lowest BCUT2D eigenvalue weighted by molar-refractivity contribution is -0.132. The molecule has 0 aromatic rings. The number of hydrogen-bond donors (Lipinski definition) is 2. The molecule has 0 amide bonds. The fraction of sp³-hybridized carbons (Fsp3) is 0.707. The van der Waals surface area contributed by atoms with Gasteiger partial charge in [0.15, 0.2) is 17.3 Å². The number of fused-ring (bicyclic) bond motifs is 15. The Balaban J connectivity index is 0.000000118. The van der Waals surface area contributed by atoms with E-state index in [4.69, 9.17) is 5.41 Å². The normalized spacial score (nSPS) is 49.0. The highest BCUT2D eigenvalue weighted by molar-refractivity contribution is 9.09. The minimum Gasteiger partial charge on any atom is -0.389 e. The Morgan fingerprint density at radius 2 is 1.10 bits per heavy atom. The summed E-state index contributed by atoms with van der Waals surface area (Å²) in [6, 6.07) is 0. The van der Waals surface area contributed by atoms with Crippen LogP contribution < -0.4 is 0 Å². The Labute approximate surface area is 406 Å². The van der Waals surface area contributed by atoms with Crippen LogP contribution in [0.5, 0.6) is 0 Å². The van der Waals surface area contributed by atoms with E-state index in [1.54, 1.807) is 18.2 Å². The van der Waals surface area contributed by atoms with Crippen molar-refractivity contribution < 1.29 is 33.9 Å². The van der Waals surface area contributed by atoms with Crippen LogP contribution in [0.3, 0.4) is 0 Å². The fourth-order valence-electron chi connectivity index (χ4n) is 18.7. The number of allylic oxidation sites excluding steroid dienone is 6. The van der Waals surface area contributed by atoms with Crippen LogP contribution in [0.4, 0.5) is 0 Å². The smallest absolute Gasteiger partial charge is 0.178 e. The van der Waals surface area contributed by atoms with Crippen LogP contribution in [0.1, 0.15) is 157 Å². The van der Waals surface area contributed by atoms with E-state index < -0.39 is 11.5 Å². The van der Waals surface area contributed by atoms with Crippen molar-refractivity contribution >= 4 is 56.8 Å². The van der Waals surface area contributed by atoms with Crippen LogP contribution in [0.15, 0.2) is 59.3 Å². The van der Waals surface area contributed by atoms with Crippen LogP contribution in [0.2, 0.25) is 0 Å². The van der Waals surface area contributed by atoms with Crippen molar-refractivity contribution in [3.05, 3.63) is 59.3 Å². The molecule has 2 unspecified atom stereocenters. The summed E-state index contributed by atoms with van der Waals surface area (Å²) in [5.74, 6) is 6.10. The second-order valence-electron chi connectivity index (χ2n) is 25.0. The van der Waals surface area contributed by atoms with E-state index in [2.05, 4.69) is 63.2 Å². The number of nitrogens with one attached hydrogen (secondary N) is 1. The average Bonchev–Trinajstić information content (AvgIpc) is 3.92. The third-order valence-corrected chi connectivity index (χ3v) is 23.3. The average molecular weight is 977 g/mol. The van der Waals surface area contributed by atoms with Gasteiger partial charge in [-0.3, -0.25) is 28.8 Å². The Bertz CT molecular complexity index is 2370. The van der Waals surface area contributed by atoms with Gasteiger partial charge in [-0.25, -0.2) is 0 Å². The summed E-state index contributed by atoms with van der Waals surface area (Å²) >= 11 is 3.88. The highest BCUT2D eigenvalue weighted by Gasteiger charge is 2.63. The largest absolute Gasteiger partial charge is 0.389 e. The lowest BCUT2D eigenvalue weighted by atomic mass is 9.47. The number of alkyl halides is 1. The van der Waals surface area contributed by atoms with E-state index >= 15 is 0 Å². The van der Waals surface area contributed by atoms with Gasteiger partial charge in [-0.05, 0) is 195 Å². The maximum absolute atomic E-state index is 12.5. The molecule has 17 atom stereocenters. The summed E-state index contributed by atoms with van der Waals surface area (Å²) in [7, 11) is 0. The van der Waals surface area contributed by atoms with Crippen molar-refractivity contribution in [3.63, 3.8) is 0 Å². The first-order chi connectivity index (χ1) is 31.6. The number of aliphatic hydroxyl groups is 1. The summed E-state index contributed by atoms with van der Waals surface area (Å²) < 4.78 is 0. The molecule has 0 aromatic heterocycles. The fourth-order valence-corrected chi connectivity index (χ4v) is 19.8. The van der Waals surface area contributed by atoms with E-state index in [-0.39, 0.29) is 50.3 Å². The molecule has 0 aromatic carbocycles. The zero-order valence-corrected chi connectivity index (χ0v) is 42.3. The number of aliphatic hydroxyl groups excluding tert-OH is 1. The first kappa shape index (κ1) is 47.5. The summed E-state index contributed by atoms with van der Waals surface area (Å²) in [5.41, 5.74) is 3.79. The number of ketones is 6. The lowest BCUT2D eigenvalue weighted by Crippen LogP contribution is -2.55. The second-order valence-corrected chi connectivity index (χ2v) is 26.1. The van der Waals surface area contributed by atoms with Crippen molar-refractivity contribution in [3.8, 4) is 0 Å². The molecular formula is C58H74BrNO7. The van der Waals surface area contributed by atoms with Gasteiger partial charge in [-0.15, -0.1) is 0 Å². The summed E-state index contributed by atoms with van der Waals surface area (Å²) in [4.78, 5) is 73.1. The van der Waals surface area contributed by atoms with E-state index in [9.17, 15) is 33.9 Å². The molecule has 12 aliphatic rings. The zero-order chi connectivity index (χ0) is 47.8. The molecule has 0 bridgehead atoms. The number of carbonyl (C=O) groups excluding carboxylic acids is 6. The molecule has 9 heteroatoms. The standard InChI is InChI=1S/C20H24O2.C19H25BrO2.C19H25NO3/c1-12-10-14-15-4-5-18(22)20(15,3)9-7-16(14)19(2)8-6-13(21)11-17(12)19;1-18-7-5-11(21)9-15(18)16(20)10-12-13-3-4-17(22)19(13,2)8-6-14(12)18;1-18-6-4-11(21)8-15(18)16(22)9-12-13(18)5-7-19(10-20)14(12)2-3-17(19)23/h6,8,11,14-16H,1,4-5,7,9-10H2,2-3H3;9,12-14,16H,3-8,10H2,1-2H3;8,10,12-14,16,20,22H,2-7,9H2,1H3/t14-,15-,16-,19+,20-;12-,13-,14-,16?,18+,19-;12-,13+,14+,16?,18-,19-/m001/s1. The summed E-state index contributed by atoms with van der Waals surface area (Å²) in [6.07, 6.45) is 27.0. The quantitative estimate of drug-likeness (QED) is 0.196. The highest BCUT2D eigenvalue weighted by atomic mass is 79.9. The Hall–Kier alpha value is -3.17. The molecule has 8 nitrogen and oxygen atoms in total. The van der Waals surface area contributed by atoms with E-state index in [0.29, 0.717) is 95.2 Å². The number of halogens is 1. The minimum absolute atomic E-state index is 0.0596. The molecule has 0 heterocycles.